The average molecular weight is 279 g/mol. The number of carbonyl (C=O) groups is 1. The van der Waals surface area contributed by atoms with Crippen molar-refractivity contribution >= 4 is 5.91 Å². The number of rotatable bonds is 8. The number of amides is 1. The SMILES string of the molecule is COc1ccc(C(NCCN=[N+]=[N-])C(N)=O)cc1OC. The van der Waals surface area contributed by atoms with E-state index in [2.05, 4.69) is 15.3 Å². The third kappa shape index (κ3) is 4.04. The van der Waals surface area contributed by atoms with Gasteiger partial charge in [0, 0.05) is 18.0 Å². The van der Waals surface area contributed by atoms with E-state index in [1.807, 2.05) is 0 Å². The van der Waals surface area contributed by atoms with Crippen LogP contribution in [0.2, 0.25) is 0 Å². The van der Waals surface area contributed by atoms with Crippen LogP contribution in [-0.4, -0.2) is 33.2 Å². The molecular weight excluding hydrogens is 262 g/mol. The van der Waals surface area contributed by atoms with E-state index in [1.165, 1.54) is 14.2 Å². The Balaban J connectivity index is 2.91. The average Bonchev–Trinajstić information content (AvgIpc) is 2.46. The highest BCUT2D eigenvalue weighted by molar-refractivity contribution is 5.81. The number of carbonyl (C=O) groups excluding carboxylic acids is 1. The first-order valence-electron chi connectivity index (χ1n) is 5.89. The molecule has 1 amide bonds. The predicted molar refractivity (Wildman–Crippen MR) is 73.5 cm³/mol. The lowest BCUT2D eigenvalue weighted by Crippen LogP contribution is -2.34. The van der Waals surface area contributed by atoms with E-state index in [4.69, 9.17) is 20.7 Å². The largest absolute Gasteiger partial charge is 0.493 e. The maximum absolute atomic E-state index is 11.5. The van der Waals surface area contributed by atoms with Gasteiger partial charge in [-0.15, -0.1) is 0 Å². The summed E-state index contributed by atoms with van der Waals surface area (Å²) >= 11 is 0. The maximum atomic E-state index is 11.5. The van der Waals surface area contributed by atoms with Crippen molar-refractivity contribution in [1.29, 1.82) is 0 Å². The Labute approximate surface area is 116 Å². The molecule has 1 rings (SSSR count). The van der Waals surface area contributed by atoms with Crippen molar-refractivity contribution in [2.75, 3.05) is 27.3 Å². The minimum Gasteiger partial charge on any atom is -0.493 e. The molecule has 0 fully saturated rings. The van der Waals surface area contributed by atoms with Crippen LogP contribution < -0.4 is 20.5 Å². The minimum absolute atomic E-state index is 0.230. The number of benzene rings is 1. The molecule has 0 aliphatic heterocycles. The summed E-state index contributed by atoms with van der Waals surface area (Å²) in [7, 11) is 3.04. The van der Waals surface area contributed by atoms with Crippen LogP contribution in [0.3, 0.4) is 0 Å². The molecule has 108 valence electrons. The quantitative estimate of drug-likeness (QED) is 0.320. The summed E-state index contributed by atoms with van der Waals surface area (Å²) in [6, 6.07) is 4.40. The van der Waals surface area contributed by atoms with Gasteiger partial charge in [-0.3, -0.25) is 4.79 Å². The summed E-state index contributed by atoms with van der Waals surface area (Å²) in [6.45, 7) is 0.569. The van der Waals surface area contributed by atoms with Crippen molar-refractivity contribution in [2.24, 2.45) is 10.8 Å². The summed E-state index contributed by atoms with van der Waals surface area (Å²) in [5.41, 5.74) is 14.2. The van der Waals surface area contributed by atoms with Gasteiger partial charge in [0.1, 0.15) is 6.04 Å². The summed E-state index contributed by atoms with van der Waals surface area (Å²) < 4.78 is 10.3. The zero-order valence-electron chi connectivity index (χ0n) is 11.4. The van der Waals surface area contributed by atoms with Crippen LogP contribution in [0.5, 0.6) is 11.5 Å². The molecule has 1 aromatic rings. The molecule has 0 radical (unpaired) electrons. The monoisotopic (exact) mass is 279 g/mol. The van der Waals surface area contributed by atoms with Crippen LogP contribution in [0, 0.1) is 0 Å². The van der Waals surface area contributed by atoms with Crippen LogP contribution in [0.15, 0.2) is 23.3 Å². The fourth-order valence-corrected chi connectivity index (χ4v) is 1.72. The number of primary amides is 1. The van der Waals surface area contributed by atoms with Gasteiger partial charge in [-0.25, -0.2) is 0 Å². The molecular formula is C12H17N5O3. The van der Waals surface area contributed by atoms with Crippen molar-refractivity contribution in [2.45, 2.75) is 6.04 Å². The van der Waals surface area contributed by atoms with Crippen LogP contribution in [0.25, 0.3) is 10.4 Å². The van der Waals surface area contributed by atoms with Crippen molar-refractivity contribution in [3.8, 4) is 11.5 Å². The van der Waals surface area contributed by atoms with Crippen molar-refractivity contribution in [3.05, 3.63) is 34.2 Å². The fraction of sp³-hybridized carbons (Fsp3) is 0.417. The lowest BCUT2D eigenvalue weighted by molar-refractivity contribution is -0.120. The molecule has 0 aliphatic rings. The molecule has 0 bridgehead atoms. The molecule has 0 spiro atoms. The molecule has 20 heavy (non-hydrogen) atoms. The van der Waals surface area contributed by atoms with Gasteiger partial charge >= 0.3 is 0 Å². The highest BCUT2D eigenvalue weighted by Gasteiger charge is 2.18. The molecule has 1 atom stereocenters. The first-order valence-corrected chi connectivity index (χ1v) is 5.89. The van der Waals surface area contributed by atoms with E-state index < -0.39 is 11.9 Å². The lowest BCUT2D eigenvalue weighted by atomic mass is 10.1. The smallest absolute Gasteiger partial charge is 0.239 e. The highest BCUT2D eigenvalue weighted by atomic mass is 16.5. The standard InChI is InChI=1S/C12H17N5O3/c1-19-9-4-3-8(7-10(9)20-2)11(12(13)18)15-5-6-16-17-14/h3-4,7,11,15H,5-6H2,1-2H3,(H2,13,18). The minimum atomic E-state index is -0.691. The second-order valence-electron chi connectivity index (χ2n) is 3.86. The summed E-state index contributed by atoms with van der Waals surface area (Å²) in [6.07, 6.45) is 0. The second-order valence-corrected chi connectivity index (χ2v) is 3.86. The first kappa shape index (κ1) is 15.6. The Morgan fingerprint density at radius 2 is 2.15 bits per heavy atom. The van der Waals surface area contributed by atoms with Gasteiger partial charge in [0.25, 0.3) is 0 Å². The van der Waals surface area contributed by atoms with Gasteiger partial charge in [0.15, 0.2) is 11.5 Å². The molecule has 8 nitrogen and oxygen atoms in total. The molecule has 0 aliphatic carbocycles. The number of nitrogens with one attached hydrogen (secondary N) is 1. The van der Waals surface area contributed by atoms with E-state index in [0.717, 1.165) is 0 Å². The van der Waals surface area contributed by atoms with Crippen LogP contribution in [0.1, 0.15) is 11.6 Å². The highest BCUT2D eigenvalue weighted by Crippen LogP contribution is 2.29. The number of nitrogens with zero attached hydrogens (tertiary/aromatic N) is 3. The number of nitrogens with two attached hydrogens (primary N) is 1. The van der Waals surface area contributed by atoms with Crippen LogP contribution >= 0.6 is 0 Å². The van der Waals surface area contributed by atoms with Crippen molar-refractivity contribution in [3.63, 3.8) is 0 Å². The van der Waals surface area contributed by atoms with Gasteiger partial charge in [0.2, 0.25) is 5.91 Å². The van der Waals surface area contributed by atoms with E-state index in [-0.39, 0.29) is 6.54 Å². The molecule has 0 aromatic heterocycles. The Kier molecular flexibility index (Phi) is 6.15. The van der Waals surface area contributed by atoms with Gasteiger partial charge < -0.3 is 20.5 Å². The predicted octanol–water partition coefficient (Wildman–Crippen LogP) is 1.13. The lowest BCUT2D eigenvalue weighted by Gasteiger charge is -2.17. The third-order valence-corrected chi connectivity index (χ3v) is 2.65. The number of methoxy groups -OCH3 is 2. The van der Waals surface area contributed by atoms with Gasteiger partial charge in [-0.05, 0) is 23.2 Å². The molecule has 0 saturated heterocycles. The van der Waals surface area contributed by atoms with Gasteiger partial charge in [-0.1, -0.05) is 11.2 Å². The fourth-order valence-electron chi connectivity index (χ4n) is 1.72. The molecule has 0 heterocycles. The van der Waals surface area contributed by atoms with E-state index in [1.54, 1.807) is 18.2 Å². The Hall–Kier alpha value is -2.44. The summed E-state index contributed by atoms with van der Waals surface area (Å²) in [5, 5.41) is 6.30. The van der Waals surface area contributed by atoms with E-state index >= 15 is 0 Å². The van der Waals surface area contributed by atoms with Crippen molar-refractivity contribution in [1.82, 2.24) is 5.32 Å². The Bertz CT molecular complexity index is 514. The number of ether oxygens (including phenoxy) is 2. The number of hydrogen-bond acceptors (Lipinski definition) is 5. The second kappa shape index (κ2) is 7.88. The molecule has 8 heteroatoms. The summed E-state index contributed by atoms with van der Waals surface area (Å²) in [4.78, 5) is 14.1. The molecule has 1 aromatic carbocycles. The number of azide groups is 1. The number of hydrogen-bond donors (Lipinski definition) is 2. The molecule has 1 unspecified atom stereocenters. The third-order valence-electron chi connectivity index (χ3n) is 2.65. The molecule has 3 N–H and O–H groups in total. The first-order chi connectivity index (χ1) is 9.63. The maximum Gasteiger partial charge on any atom is 0.239 e. The zero-order valence-corrected chi connectivity index (χ0v) is 11.4. The van der Waals surface area contributed by atoms with Gasteiger partial charge in [0.05, 0.1) is 14.2 Å². The Morgan fingerprint density at radius 3 is 2.70 bits per heavy atom. The zero-order chi connectivity index (χ0) is 15.0. The van der Waals surface area contributed by atoms with Crippen LogP contribution in [0.4, 0.5) is 0 Å². The van der Waals surface area contributed by atoms with Gasteiger partial charge in [-0.2, -0.15) is 0 Å². The topological polar surface area (TPSA) is 122 Å². The Morgan fingerprint density at radius 1 is 1.45 bits per heavy atom. The summed E-state index contributed by atoms with van der Waals surface area (Å²) in [5.74, 6) is 0.541. The van der Waals surface area contributed by atoms with E-state index in [0.29, 0.717) is 23.6 Å². The van der Waals surface area contributed by atoms with E-state index in [9.17, 15) is 4.79 Å². The normalized spacial score (nSPS) is 11.3. The molecule has 0 saturated carbocycles. The van der Waals surface area contributed by atoms with Crippen molar-refractivity contribution < 1.29 is 14.3 Å². The van der Waals surface area contributed by atoms with Crippen LogP contribution in [-0.2, 0) is 4.79 Å².